The molecule has 2 heterocycles. The third-order valence-corrected chi connectivity index (χ3v) is 5.88. The lowest BCUT2D eigenvalue weighted by molar-refractivity contribution is -0.131. The second kappa shape index (κ2) is 8.71. The van der Waals surface area contributed by atoms with Gasteiger partial charge in [0.25, 0.3) is 0 Å². The van der Waals surface area contributed by atoms with Gasteiger partial charge in [-0.2, -0.15) is 0 Å². The highest BCUT2D eigenvalue weighted by Gasteiger charge is 2.43. The van der Waals surface area contributed by atoms with E-state index in [-0.39, 0.29) is 17.5 Å². The van der Waals surface area contributed by atoms with Gasteiger partial charge in [-0.3, -0.25) is 9.69 Å². The summed E-state index contributed by atoms with van der Waals surface area (Å²) in [5.41, 5.74) is 0.654. The van der Waals surface area contributed by atoms with E-state index in [1.807, 2.05) is 40.1 Å². The molecule has 0 saturated carbocycles. The van der Waals surface area contributed by atoms with Crippen LogP contribution in [0.2, 0.25) is 0 Å². The predicted molar refractivity (Wildman–Crippen MR) is 105 cm³/mol. The van der Waals surface area contributed by atoms with E-state index in [1.165, 1.54) is 0 Å². The fourth-order valence-electron chi connectivity index (χ4n) is 4.03. The molecule has 3 amide bonds. The molecule has 0 bridgehead atoms. The van der Waals surface area contributed by atoms with E-state index in [4.69, 9.17) is 4.74 Å². The standard InChI is InChI=1S/C20H30N4O3/c1-22-12-13-24(19(26)21-17-6-4-3-5-7-17)16-20(22)9-8-18(25)23(11-10-20)14-15-27-2/h3-7H,8-16H2,1-2H3,(H,21,26)/t20-/m1/s1. The molecule has 0 unspecified atom stereocenters. The second-order valence-corrected chi connectivity index (χ2v) is 7.49. The Morgan fingerprint density at radius 2 is 1.96 bits per heavy atom. The molecular weight excluding hydrogens is 344 g/mol. The molecule has 2 fully saturated rings. The van der Waals surface area contributed by atoms with Crippen LogP contribution in [0.1, 0.15) is 19.3 Å². The highest BCUT2D eigenvalue weighted by molar-refractivity contribution is 5.89. The number of carbonyl (C=O) groups is 2. The summed E-state index contributed by atoms with van der Waals surface area (Å²) in [4.78, 5) is 31.4. The molecule has 7 heteroatoms. The number of nitrogens with zero attached hydrogens (tertiary/aromatic N) is 3. The summed E-state index contributed by atoms with van der Waals surface area (Å²) in [7, 11) is 3.77. The number of likely N-dealkylation sites (N-methyl/N-ethyl adjacent to an activating group) is 1. The molecule has 27 heavy (non-hydrogen) atoms. The van der Waals surface area contributed by atoms with Gasteiger partial charge in [-0.15, -0.1) is 0 Å². The number of benzene rings is 1. The first-order valence-electron chi connectivity index (χ1n) is 9.63. The molecule has 2 aliphatic heterocycles. The van der Waals surface area contributed by atoms with E-state index in [9.17, 15) is 9.59 Å². The van der Waals surface area contributed by atoms with Crippen molar-refractivity contribution in [3.05, 3.63) is 30.3 Å². The van der Waals surface area contributed by atoms with Gasteiger partial charge in [-0.25, -0.2) is 4.79 Å². The number of methoxy groups -OCH3 is 1. The number of hydrogen-bond acceptors (Lipinski definition) is 4. The zero-order chi connectivity index (χ0) is 19.3. The maximum absolute atomic E-state index is 12.8. The average Bonchev–Trinajstić information content (AvgIpc) is 2.83. The highest BCUT2D eigenvalue weighted by Crippen LogP contribution is 2.32. The van der Waals surface area contributed by atoms with Crippen LogP contribution in [-0.4, -0.2) is 85.7 Å². The minimum Gasteiger partial charge on any atom is -0.383 e. The molecule has 0 aliphatic carbocycles. The topological polar surface area (TPSA) is 65.1 Å². The Labute approximate surface area is 161 Å². The summed E-state index contributed by atoms with van der Waals surface area (Å²) in [5, 5.41) is 2.98. The number of carbonyl (C=O) groups excluding carboxylic acids is 2. The maximum atomic E-state index is 12.8. The summed E-state index contributed by atoms with van der Waals surface area (Å²) in [6.07, 6.45) is 2.16. The van der Waals surface area contributed by atoms with Crippen molar-refractivity contribution >= 4 is 17.6 Å². The van der Waals surface area contributed by atoms with E-state index in [0.29, 0.717) is 39.2 Å². The van der Waals surface area contributed by atoms with Crippen LogP contribution < -0.4 is 5.32 Å². The Morgan fingerprint density at radius 3 is 2.70 bits per heavy atom. The molecule has 0 aromatic heterocycles. The molecule has 7 nitrogen and oxygen atoms in total. The number of ether oxygens (including phenoxy) is 1. The Morgan fingerprint density at radius 1 is 1.19 bits per heavy atom. The zero-order valence-electron chi connectivity index (χ0n) is 16.3. The average molecular weight is 374 g/mol. The van der Waals surface area contributed by atoms with Crippen molar-refractivity contribution in [1.29, 1.82) is 0 Å². The Balaban J connectivity index is 1.67. The van der Waals surface area contributed by atoms with Gasteiger partial charge < -0.3 is 19.9 Å². The Bertz CT molecular complexity index is 654. The van der Waals surface area contributed by atoms with Gasteiger partial charge in [0.05, 0.1) is 6.61 Å². The van der Waals surface area contributed by atoms with Gasteiger partial charge >= 0.3 is 6.03 Å². The van der Waals surface area contributed by atoms with Crippen LogP contribution in [0.4, 0.5) is 10.5 Å². The third-order valence-electron chi connectivity index (χ3n) is 5.88. The number of likely N-dealkylation sites (tertiary alicyclic amines) is 1. The molecule has 1 atom stereocenters. The number of nitrogens with one attached hydrogen (secondary N) is 1. The summed E-state index contributed by atoms with van der Waals surface area (Å²) >= 11 is 0. The van der Waals surface area contributed by atoms with Crippen LogP contribution in [0.15, 0.2) is 30.3 Å². The number of urea groups is 1. The van der Waals surface area contributed by atoms with E-state index >= 15 is 0 Å². The first-order chi connectivity index (χ1) is 13.0. The monoisotopic (exact) mass is 374 g/mol. The number of anilines is 1. The first kappa shape index (κ1) is 19.6. The molecule has 1 aromatic carbocycles. The van der Waals surface area contributed by atoms with Gasteiger partial charge in [-0.1, -0.05) is 18.2 Å². The lowest BCUT2D eigenvalue weighted by atomic mass is 9.86. The van der Waals surface area contributed by atoms with Crippen LogP contribution in [-0.2, 0) is 9.53 Å². The van der Waals surface area contributed by atoms with E-state index in [1.54, 1.807) is 7.11 Å². The minimum atomic E-state index is -0.149. The van der Waals surface area contributed by atoms with Crippen molar-refractivity contribution < 1.29 is 14.3 Å². The SMILES string of the molecule is COCCN1CC[C@]2(CCC1=O)CN(C(=O)Nc1ccccc1)CCN2C. The smallest absolute Gasteiger partial charge is 0.321 e. The van der Waals surface area contributed by atoms with Crippen molar-refractivity contribution in [2.75, 3.05) is 58.8 Å². The van der Waals surface area contributed by atoms with Crippen molar-refractivity contribution in [2.24, 2.45) is 0 Å². The van der Waals surface area contributed by atoms with Crippen LogP contribution in [0, 0.1) is 0 Å². The van der Waals surface area contributed by atoms with Gasteiger partial charge in [0.2, 0.25) is 5.91 Å². The van der Waals surface area contributed by atoms with Crippen molar-refractivity contribution in [3.8, 4) is 0 Å². The number of piperazine rings is 1. The molecule has 1 N–H and O–H groups in total. The molecule has 148 valence electrons. The van der Waals surface area contributed by atoms with E-state index in [2.05, 4.69) is 17.3 Å². The molecule has 1 spiro atoms. The van der Waals surface area contributed by atoms with Crippen LogP contribution in [0.5, 0.6) is 0 Å². The largest absolute Gasteiger partial charge is 0.383 e. The van der Waals surface area contributed by atoms with Gasteiger partial charge in [-0.05, 0) is 32.0 Å². The third kappa shape index (κ3) is 4.59. The summed E-state index contributed by atoms with van der Waals surface area (Å²) in [5.74, 6) is 0.184. The van der Waals surface area contributed by atoms with E-state index < -0.39 is 0 Å². The number of para-hydroxylation sites is 1. The second-order valence-electron chi connectivity index (χ2n) is 7.49. The van der Waals surface area contributed by atoms with Crippen LogP contribution in [0.25, 0.3) is 0 Å². The first-order valence-corrected chi connectivity index (χ1v) is 9.63. The van der Waals surface area contributed by atoms with Crippen molar-refractivity contribution in [2.45, 2.75) is 24.8 Å². The van der Waals surface area contributed by atoms with Gasteiger partial charge in [0.1, 0.15) is 0 Å². The van der Waals surface area contributed by atoms with Crippen LogP contribution in [0.3, 0.4) is 0 Å². The lowest BCUT2D eigenvalue weighted by Gasteiger charge is -2.49. The molecule has 2 aliphatic rings. The van der Waals surface area contributed by atoms with Crippen LogP contribution >= 0.6 is 0 Å². The van der Waals surface area contributed by atoms with Gasteiger partial charge in [0, 0.05) is 57.5 Å². The lowest BCUT2D eigenvalue weighted by Crippen LogP contribution is -2.62. The Hall–Kier alpha value is -2.12. The molecule has 2 saturated heterocycles. The number of amides is 3. The number of hydrogen-bond donors (Lipinski definition) is 1. The summed E-state index contributed by atoms with van der Waals surface area (Å²) < 4.78 is 5.13. The fourth-order valence-corrected chi connectivity index (χ4v) is 4.03. The normalized spacial score (nSPS) is 24.1. The Kier molecular flexibility index (Phi) is 6.34. The fraction of sp³-hybridized carbons (Fsp3) is 0.600. The molecule has 1 aromatic rings. The zero-order valence-corrected chi connectivity index (χ0v) is 16.3. The molecular formula is C20H30N4O3. The summed E-state index contributed by atoms with van der Waals surface area (Å²) in [6, 6.07) is 9.46. The van der Waals surface area contributed by atoms with Crippen molar-refractivity contribution in [1.82, 2.24) is 14.7 Å². The number of rotatable bonds is 4. The maximum Gasteiger partial charge on any atom is 0.321 e. The minimum absolute atomic E-state index is 0.0690. The summed E-state index contributed by atoms with van der Waals surface area (Å²) in [6.45, 7) is 4.05. The predicted octanol–water partition coefficient (Wildman–Crippen LogP) is 1.86. The van der Waals surface area contributed by atoms with E-state index in [0.717, 1.165) is 25.1 Å². The quantitative estimate of drug-likeness (QED) is 0.874. The highest BCUT2D eigenvalue weighted by atomic mass is 16.5. The van der Waals surface area contributed by atoms with Gasteiger partial charge in [0.15, 0.2) is 0 Å². The molecule has 3 rings (SSSR count). The molecule has 0 radical (unpaired) electrons. The van der Waals surface area contributed by atoms with Crippen molar-refractivity contribution in [3.63, 3.8) is 0 Å².